The highest BCUT2D eigenvalue weighted by Crippen LogP contribution is 2.34. The molecule has 3 aromatic rings. The Kier molecular flexibility index (Phi) is 6.02. The van der Waals surface area contributed by atoms with E-state index in [9.17, 15) is 19.5 Å². The van der Waals surface area contributed by atoms with Crippen molar-refractivity contribution in [2.75, 3.05) is 5.73 Å². The van der Waals surface area contributed by atoms with E-state index in [1.165, 1.54) is 10.8 Å². The summed E-state index contributed by atoms with van der Waals surface area (Å²) in [5.74, 6) is -2.69. The van der Waals surface area contributed by atoms with Gasteiger partial charge in [-0.1, -0.05) is 30.3 Å². The number of aryl methyl sites for hydroxylation is 3. The summed E-state index contributed by atoms with van der Waals surface area (Å²) in [6.45, 7) is 5.01. The first-order chi connectivity index (χ1) is 15.1. The fourth-order valence-electron chi connectivity index (χ4n) is 4.02. The number of carboxylic acids is 1. The molecule has 0 spiro atoms. The monoisotopic (exact) mass is 435 g/mol. The number of amides is 2. The summed E-state index contributed by atoms with van der Waals surface area (Å²) in [5.41, 5.74) is 11.6. The third-order valence-corrected chi connectivity index (χ3v) is 5.43. The molecule has 0 fully saturated rings. The molecule has 9 heteroatoms. The number of aromatic nitrogens is 2. The van der Waals surface area contributed by atoms with Gasteiger partial charge in [0, 0.05) is 18.4 Å². The average Bonchev–Trinajstić information content (AvgIpc) is 3.03. The van der Waals surface area contributed by atoms with Crippen molar-refractivity contribution in [2.24, 2.45) is 5.73 Å². The van der Waals surface area contributed by atoms with E-state index >= 15 is 0 Å². The fraction of sp³-hybridized carbons (Fsp3) is 0.217. The van der Waals surface area contributed by atoms with Crippen LogP contribution in [0.2, 0.25) is 0 Å². The molecular formula is C23H25N5O4. The van der Waals surface area contributed by atoms with Crippen LogP contribution in [0.25, 0.3) is 0 Å². The van der Waals surface area contributed by atoms with Crippen LogP contribution in [0.4, 0.5) is 5.82 Å². The lowest BCUT2D eigenvalue weighted by Crippen LogP contribution is -2.59. The van der Waals surface area contributed by atoms with E-state index in [2.05, 4.69) is 10.3 Å². The van der Waals surface area contributed by atoms with E-state index in [4.69, 9.17) is 11.5 Å². The van der Waals surface area contributed by atoms with Gasteiger partial charge >= 0.3 is 5.97 Å². The number of nitrogens with two attached hydrogens (primary N) is 2. The minimum atomic E-state index is -2.13. The Morgan fingerprint density at radius 1 is 1.09 bits per heavy atom. The fourth-order valence-corrected chi connectivity index (χ4v) is 4.02. The molecular weight excluding hydrogens is 410 g/mol. The Bertz CT molecular complexity index is 1200. The number of carboxylic acid groups (broad SMARTS) is 1. The molecule has 0 aliphatic carbocycles. The van der Waals surface area contributed by atoms with Crippen LogP contribution < -0.4 is 16.8 Å². The molecule has 0 saturated heterocycles. The summed E-state index contributed by atoms with van der Waals surface area (Å²) in [4.78, 5) is 43.0. The van der Waals surface area contributed by atoms with Crippen molar-refractivity contribution in [1.82, 2.24) is 14.9 Å². The number of rotatable bonds is 7. The predicted molar refractivity (Wildman–Crippen MR) is 119 cm³/mol. The van der Waals surface area contributed by atoms with Gasteiger partial charge in [-0.2, -0.15) is 0 Å². The lowest BCUT2D eigenvalue weighted by atomic mass is 9.83. The first-order valence-corrected chi connectivity index (χ1v) is 9.88. The van der Waals surface area contributed by atoms with Gasteiger partial charge in [0.15, 0.2) is 0 Å². The van der Waals surface area contributed by atoms with Gasteiger partial charge in [0.25, 0.3) is 11.8 Å². The number of pyridine rings is 1. The molecule has 0 bridgehead atoms. The smallest absolute Gasteiger partial charge is 0.352 e. The molecule has 0 unspecified atom stereocenters. The van der Waals surface area contributed by atoms with Gasteiger partial charge in [-0.3, -0.25) is 9.59 Å². The Morgan fingerprint density at radius 2 is 1.78 bits per heavy atom. The summed E-state index contributed by atoms with van der Waals surface area (Å²) in [6, 6.07) is 11.7. The molecule has 1 atom stereocenters. The quantitative estimate of drug-likeness (QED) is 0.414. The zero-order valence-electron chi connectivity index (χ0n) is 18.0. The summed E-state index contributed by atoms with van der Waals surface area (Å²) >= 11 is 0. The number of hydrogen-bond acceptors (Lipinski definition) is 5. The Hall–Kier alpha value is -4.14. The Labute approximate surface area is 185 Å². The van der Waals surface area contributed by atoms with Crippen LogP contribution in [0.3, 0.4) is 0 Å². The molecule has 6 N–H and O–H groups in total. The van der Waals surface area contributed by atoms with Crippen LogP contribution in [-0.4, -0.2) is 32.4 Å². The van der Waals surface area contributed by atoms with Gasteiger partial charge in [0.2, 0.25) is 5.54 Å². The standard InChI is InChI=1S/C23H25N5O4/c1-13-6-4-5-7-17(13)23(21(25)31,28-15(3)10-14(2)19(28)20(29)30)22(32)27-12-16-8-9-18(24)26-11-16/h4-11H,12H2,1-3H3,(H2,24,26)(H2,25,31)(H,27,32)(H,29,30)/t23-/m0/s1. The zero-order chi connectivity index (χ0) is 23.6. The molecule has 1 aromatic carbocycles. The maximum Gasteiger partial charge on any atom is 0.352 e. The highest BCUT2D eigenvalue weighted by molar-refractivity contribution is 6.11. The van der Waals surface area contributed by atoms with Gasteiger partial charge in [-0.05, 0) is 55.2 Å². The summed E-state index contributed by atoms with van der Waals surface area (Å²) in [5, 5.41) is 12.6. The number of hydrogen-bond donors (Lipinski definition) is 4. The van der Waals surface area contributed by atoms with Crippen LogP contribution in [-0.2, 0) is 21.7 Å². The first-order valence-electron chi connectivity index (χ1n) is 9.88. The number of aromatic carboxylic acids is 1. The molecule has 3 rings (SSSR count). The predicted octanol–water partition coefficient (Wildman–Crippen LogP) is 1.63. The normalized spacial score (nSPS) is 12.7. The third-order valence-electron chi connectivity index (χ3n) is 5.43. The minimum Gasteiger partial charge on any atom is -0.477 e. The number of carbonyl (C=O) groups excluding carboxylic acids is 2. The number of anilines is 1. The molecule has 9 nitrogen and oxygen atoms in total. The molecule has 0 saturated carbocycles. The number of nitrogens with one attached hydrogen (secondary N) is 1. The van der Waals surface area contributed by atoms with Gasteiger partial charge in [0.1, 0.15) is 11.5 Å². The maximum absolute atomic E-state index is 13.8. The van der Waals surface area contributed by atoms with E-state index < -0.39 is 23.3 Å². The van der Waals surface area contributed by atoms with Gasteiger partial charge < -0.3 is 26.5 Å². The van der Waals surface area contributed by atoms with Crippen molar-refractivity contribution >= 4 is 23.6 Å². The topological polar surface area (TPSA) is 153 Å². The van der Waals surface area contributed by atoms with Crippen molar-refractivity contribution in [2.45, 2.75) is 32.9 Å². The second kappa shape index (κ2) is 8.54. The van der Waals surface area contributed by atoms with Crippen molar-refractivity contribution in [3.63, 3.8) is 0 Å². The van der Waals surface area contributed by atoms with Crippen molar-refractivity contribution in [3.05, 3.63) is 82.3 Å². The number of benzene rings is 1. The second-order valence-electron chi connectivity index (χ2n) is 7.62. The summed E-state index contributed by atoms with van der Waals surface area (Å²) in [7, 11) is 0. The van der Waals surface area contributed by atoms with E-state index in [0.717, 1.165) is 0 Å². The lowest BCUT2D eigenvalue weighted by molar-refractivity contribution is -0.138. The van der Waals surface area contributed by atoms with E-state index in [1.54, 1.807) is 63.2 Å². The van der Waals surface area contributed by atoms with E-state index in [-0.39, 0.29) is 12.2 Å². The Balaban J connectivity index is 2.25. The molecule has 2 heterocycles. The SMILES string of the molecule is Cc1ccccc1[C@](C(N)=O)(C(=O)NCc1ccc(N)nc1)n1c(C)cc(C)c1C(=O)O. The van der Waals surface area contributed by atoms with Crippen LogP contribution >= 0.6 is 0 Å². The lowest BCUT2D eigenvalue weighted by Gasteiger charge is -2.35. The third kappa shape index (κ3) is 3.68. The molecule has 0 aliphatic heterocycles. The van der Waals surface area contributed by atoms with Crippen LogP contribution in [0.5, 0.6) is 0 Å². The van der Waals surface area contributed by atoms with Crippen LogP contribution in [0.15, 0.2) is 48.7 Å². The number of carbonyl (C=O) groups is 3. The highest BCUT2D eigenvalue weighted by atomic mass is 16.4. The average molecular weight is 435 g/mol. The molecule has 0 radical (unpaired) electrons. The first kappa shape index (κ1) is 22.5. The van der Waals surface area contributed by atoms with Crippen LogP contribution in [0.1, 0.15) is 38.4 Å². The van der Waals surface area contributed by atoms with Gasteiger partial charge in [-0.15, -0.1) is 0 Å². The van der Waals surface area contributed by atoms with Gasteiger partial charge in [0.05, 0.1) is 0 Å². The van der Waals surface area contributed by atoms with E-state index in [1.807, 2.05) is 0 Å². The molecule has 2 amide bonds. The highest BCUT2D eigenvalue weighted by Gasteiger charge is 2.51. The minimum absolute atomic E-state index is 0.0364. The molecule has 166 valence electrons. The number of nitrogens with zero attached hydrogens (tertiary/aromatic N) is 2. The summed E-state index contributed by atoms with van der Waals surface area (Å²) in [6.07, 6.45) is 1.50. The van der Waals surface area contributed by atoms with Gasteiger partial charge in [-0.25, -0.2) is 9.78 Å². The van der Waals surface area contributed by atoms with Crippen molar-refractivity contribution in [3.8, 4) is 0 Å². The van der Waals surface area contributed by atoms with Crippen LogP contribution in [0, 0.1) is 20.8 Å². The van der Waals surface area contributed by atoms with Crippen molar-refractivity contribution < 1.29 is 19.5 Å². The number of primary amides is 1. The largest absolute Gasteiger partial charge is 0.477 e. The molecule has 2 aromatic heterocycles. The Morgan fingerprint density at radius 3 is 2.34 bits per heavy atom. The number of nitrogen functional groups attached to an aromatic ring is 1. The molecule has 0 aliphatic rings. The molecule has 32 heavy (non-hydrogen) atoms. The van der Waals surface area contributed by atoms with Crippen molar-refractivity contribution in [1.29, 1.82) is 0 Å². The second-order valence-corrected chi connectivity index (χ2v) is 7.62. The zero-order valence-corrected chi connectivity index (χ0v) is 18.0. The summed E-state index contributed by atoms with van der Waals surface area (Å²) < 4.78 is 1.21. The maximum atomic E-state index is 13.8. The van der Waals surface area contributed by atoms with E-state index in [0.29, 0.717) is 33.8 Å².